The van der Waals surface area contributed by atoms with Crippen molar-refractivity contribution in [2.45, 2.75) is 19.3 Å². The number of rotatable bonds is 4. The Balaban J connectivity index is -0.0000000817. The Bertz CT molecular complexity index is 82.1. The minimum atomic E-state index is -0.793. The molecule has 0 aromatic rings. The van der Waals surface area contributed by atoms with Gasteiger partial charge in [-0.05, 0) is 12.8 Å². The Labute approximate surface area is 73.2 Å². The van der Waals surface area contributed by atoms with Crippen molar-refractivity contribution < 1.29 is 17.9 Å². The van der Waals surface area contributed by atoms with Crippen molar-refractivity contribution in [1.82, 2.24) is 0 Å². The molecule has 0 spiro atoms. The Morgan fingerprint density at radius 3 is 2.33 bits per heavy atom. The number of aliphatic carboxylic acids is 1. The number of carbonyl (C=O) groups is 1. The summed E-state index contributed by atoms with van der Waals surface area (Å²) in [4.78, 5) is 9.79. The SMILES string of the molecule is O=C(O)CCCCO.[H-].[H-].[Mg+2]. The van der Waals surface area contributed by atoms with Gasteiger partial charge in [-0.25, -0.2) is 0 Å². The van der Waals surface area contributed by atoms with Crippen molar-refractivity contribution in [3.05, 3.63) is 0 Å². The monoisotopic (exact) mass is 144 g/mol. The maximum atomic E-state index is 9.79. The van der Waals surface area contributed by atoms with E-state index in [1.807, 2.05) is 0 Å². The van der Waals surface area contributed by atoms with Crippen LogP contribution >= 0.6 is 0 Å². The predicted octanol–water partition coefficient (Wildman–Crippen LogP) is 0.0778. The second kappa shape index (κ2) is 8.20. The van der Waals surface area contributed by atoms with E-state index in [0.29, 0.717) is 12.8 Å². The van der Waals surface area contributed by atoms with Crippen molar-refractivity contribution >= 4 is 29.0 Å². The van der Waals surface area contributed by atoms with Gasteiger partial charge in [-0.1, -0.05) is 0 Å². The van der Waals surface area contributed by atoms with E-state index in [1.165, 1.54) is 0 Å². The van der Waals surface area contributed by atoms with Gasteiger partial charge >= 0.3 is 29.0 Å². The molecule has 0 amide bonds. The van der Waals surface area contributed by atoms with E-state index in [1.54, 1.807) is 0 Å². The van der Waals surface area contributed by atoms with Crippen LogP contribution in [0, 0.1) is 0 Å². The number of hydrogen-bond acceptors (Lipinski definition) is 2. The summed E-state index contributed by atoms with van der Waals surface area (Å²) in [5.74, 6) is -0.793. The molecule has 0 saturated carbocycles. The van der Waals surface area contributed by atoms with E-state index in [0.717, 1.165) is 0 Å². The van der Waals surface area contributed by atoms with Crippen LogP contribution < -0.4 is 0 Å². The molecule has 0 atom stereocenters. The summed E-state index contributed by atoms with van der Waals surface area (Å²) >= 11 is 0. The second-order valence-electron chi connectivity index (χ2n) is 1.57. The number of aliphatic hydroxyl groups is 1. The van der Waals surface area contributed by atoms with E-state index in [9.17, 15) is 4.79 Å². The molecule has 0 bridgehead atoms. The molecule has 0 heterocycles. The minimum Gasteiger partial charge on any atom is -1.00 e. The zero-order valence-corrected chi connectivity index (χ0v) is 6.75. The third kappa shape index (κ3) is 11.7. The van der Waals surface area contributed by atoms with Gasteiger partial charge in [-0.3, -0.25) is 4.79 Å². The van der Waals surface area contributed by atoms with Gasteiger partial charge in [0, 0.05) is 13.0 Å². The zero-order chi connectivity index (χ0) is 6.41. The fourth-order valence-corrected chi connectivity index (χ4v) is 0.388. The van der Waals surface area contributed by atoms with Crippen LogP contribution in [0.3, 0.4) is 0 Å². The van der Waals surface area contributed by atoms with Crippen LogP contribution in [0.15, 0.2) is 0 Å². The Kier molecular flexibility index (Phi) is 10.9. The summed E-state index contributed by atoms with van der Waals surface area (Å²) in [5.41, 5.74) is 0. The molecular formula is C5H12MgO3. The van der Waals surface area contributed by atoms with Gasteiger partial charge in [0.25, 0.3) is 0 Å². The van der Waals surface area contributed by atoms with E-state index in [-0.39, 0.29) is 38.9 Å². The van der Waals surface area contributed by atoms with Crippen LogP contribution in [0.25, 0.3) is 0 Å². The third-order valence-corrected chi connectivity index (χ3v) is 0.799. The molecule has 0 aliphatic carbocycles. The molecule has 0 aliphatic rings. The molecule has 0 aliphatic heterocycles. The molecule has 0 radical (unpaired) electrons. The van der Waals surface area contributed by atoms with Crippen LogP contribution in [0.4, 0.5) is 0 Å². The van der Waals surface area contributed by atoms with Crippen molar-refractivity contribution in [3.8, 4) is 0 Å². The minimum absolute atomic E-state index is 0. The molecule has 0 aromatic heterocycles. The van der Waals surface area contributed by atoms with Gasteiger partial charge in [0.1, 0.15) is 0 Å². The molecule has 0 aromatic carbocycles. The van der Waals surface area contributed by atoms with Crippen LogP contribution in [0.5, 0.6) is 0 Å². The molecular weight excluding hydrogens is 132 g/mol. The smallest absolute Gasteiger partial charge is 1.00 e. The molecule has 9 heavy (non-hydrogen) atoms. The van der Waals surface area contributed by atoms with Gasteiger partial charge in [-0.15, -0.1) is 0 Å². The first kappa shape index (κ1) is 11.9. The summed E-state index contributed by atoms with van der Waals surface area (Å²) < 4.78 is 0. The average Bonchev–Trinajstić information content (AvgIpc) is 1.66. The summed E-state index contributed by atoms with van der Waals surface area (Å²) in [5, 5.41) is 16.2. The molecule has 0 saturated heterocycles. The summed E-state index contributed by atoms with van der Waals surface area (Å²) in [6.07, 6.45) is 1.33. The third-order valence-electron chi connectivity index (χ3n) is 0.799. The zero-order valence-electron chi connectivity index (χ0n) is 7.34. The quantitative estimate of drug-likeness (QED) is 0.434. The first-order chi connectivity index (χ1) is 3.77. The summed E-state index contributed by atoms with van der Waals surface area (Å²) in [6, 6.07) is 0. The Morgan fingerprint density at radius 2 is 2.00 bits per heavy atom. The maximum absolute atomic E-state index is 9.79. The van der Waals surface area contributed by atoms with Crippen LogP contribution in [0.2, 0.25) is 0 Å². The standard InChI is InChI=1S/C5H10O3.Mg.2H/c6-4-2-1-3-5(7)8;;;/h6H,1-4H2,(H,7,8);;;/q;+2;2*-1. The number of aliphatic hydroxyl groups excluding tert-OH is 1. The van der Waals surface area contributed by atoms with E-state index < -0.39 is 5.97 Å². The molecule has 0 rings (SSSR count). The van der Waals surface area contributed by atoms with E-state index in [4.69, 9.17) is 10.2 Å². The molecule has 0 fully saturated rings. The predicted molar refractivity (Wildman–Crippen MR) is 36.6 cm³/mol. The summed E-state index contributed by atoms with van der Waals surface area (Å²) in [7, 11) is 0. The first-order valence-electron chi connectivity index (χ1n) is 2.60. The van der Waals surface area contributed by atoms with Crippen molar-refractivity contribution in [1.29, 1.82) is 0 Å². The van der Waals surface area contributed by atoms with E-state index in [2.05, 4.69) is 0 Å². The Morgan fingerprint density at radius 1 is 1.44 bits per heavy atom. The van der Waals surface area contributed by atoms with E-state index >= 15 is 0 Å². The Hall–Kier alpha value is 0.196. The molecule has 2 N–H and O–H groups in total. The molecule has 52 valence electrons. The summed E-state index contributed by atoms with van der Waals surface area (Å²) in [6.45, 7) is 0.0906. The van der Waals surface area contributed by atoms with Crippen LogP contribution in [-0.4, -0.2) is 45.8 Å². The van der Waals surface area contributed by atoms with Gasteiger partial charge in [-0.2, -0.15) is 0 Å². The number of carboxylic acids is 1. The fourth-order valence-electron chi connectivity index (χ4n) is 0.388. The molecule has 4 heteroatoms. The fraction of sp³-hybridized carbons (Fsp3) is 0.800. The van der Waals surface area contributed by atoms with Crippen molar-refractivity contribution in [2.24, 2.45) is 0 Å². The van der Waals surface area contributed by atoms with Gasteiger partial charge in [0.2, 0.25) is 0 Å². The first-order valence-corrected chi connectivity index (χ1v) is 2.60. The average molecular weight is 144 g/mol. The van der Waals surface area contributed by atoms with Crippen molar-refractivity contribution in [2.75, 3.05) is 6.61 Å². The number of hydrogen-bond donors (Lipinski definition) is 2. The topological polar surface area (TPSA) is 57.5 Å². The number of unbranched alkanes of at least 4 members (excludes halogenated alkanes) is 1. The maximum Gasteiger partial charge on any atom is 2.00 e. The largest absolute Gasteiger partial charge is 2.00 e. The normalized spacial score (nSPS) is 8.11. The second-order valence-corrected chi connectivity index (χ2v) is 1.57. The van der Waals surface area contributed by atoms with Crippen LogP contribution in [0.1, 0.15) is 22.1 Å². The van der Waals surface area contributed by atoms with Gasteiger partial charge < -0.3 is 13.1 Å². The van der Waals surface area contributed by atoms with Crippen LogP contribution in [-0.2, 0) is 4.79 Å². The molecule has 3 nitrogen and oxygen atoms in total. The van der Waals surface area contributed by atoms with Gasteiger partial charge in [0.05, 0.1) is 0 Å². The molecule has 0 unspecified atom stereocenters. The van der Waals surface area contributed by atoms with Crippen molar-refractivity contribution in [3.63, 3.8) is 0 Å². The number of carboxylic acid groups (broad SMARTS) is 1. The van der Waals surface area contributed by atoms with Gasteiger partial charge in [0.15, 0.2) is 0 Å².